The van der Waals surface area contributed by atoms with Crippen LogP contribution in [-0.4, -0.2) is 48.8 Å². The fourth-order valence-corrected chi connectivity index (χ4v) is 5.04. The topological polar surface area (TPSA) is 116 Å². The van der Waals surface area contributed by atoms with E-state index in [0.717, 1.165) is 89.2 Å². The molecule has 0 amide bonds. The zero-order valence-electron chi connectivity index (χ0n) is 28.9. The Bertz CT molecular complexity index is 1030. The summed E-state index contributed by atoms with van der Waals surface area (Å²) in [4.78, 5) is 51.4. The standard InChI is InChI=1S/C37H60O8/c1-27(2)19-13-7-10-16-22-43-35(40)31-26-33(37(42)45-24-18-12-9-15-21-29(5)6)32(25-30(31)34(38)39)36(41)44-23-17-11-8-14-20-28(3)4/h25-29H,7-24H2,1-6H3,(H,38,39). The van der Waals surface area contributed by atoms with Crippen molar-refractivity contribution >= 4 is 23.9 Å². The molecule has 0 aliphatic rings. The maximum atomic E-state index is 13.2. The molecule has 0 aromatic heterocycles. The van der Waals surface area contributed by atoms with E-state index in [1.807, 2.05) is 0 Å². The third-order valence-electron chi connectivity index (χ3n) is 7.77. The van der Waals surface area contributed by atoms with Crippen molar-refractivity contribution in [1.29, 1.82) is 0 Å². The fraction of sp³-hybridized carbons (Fsp3) is 0.730. The van der Waals surface area contributed by atoms with Gasteiger partial charge in [-0.05, 0) is 49.1 Å². The lowest BCUT2D eigenvalue weighted by atomic mass is 9.98. The molecular formula is C37H60O8. The number of esters is 3. The summed E-state index contributed by atoms with van der Waals surface area (Å²) in [6, 6.07) is 2.15. The lowest BCUT2D eigenvalue weighted by molar-refractivity contribution is 0.0445. The molecular weight excluding hydrogens is 572 g/mol. The summed E-state index contributed by atoms with van der Waals surface area (Å²) in [6.07, 6.45) is 14.5. The van der Waals surface area contributed by atoms with Gasteiger partial charge in [0.2, 0.25) is 0 Å². The van der Waals surface area contributed by atoms with Gasteiger partial charge < -0.3 is 19.3 Å². The first-order valence-corrected chi connectivity index (χ1v) is 17.4. The average Bonchev–Trinajstić information content (AvgIpc) is 2.98. The van der Waals surface area contributed by atoms with E-state index >= 15 is 0 Å². The molecule has 1 aromatic carbocycles. The summed E-state index contributed by atoms with van der Waals surface area (Å²) in [6.45, 7) is 13.5. The maximum Gasteiger partial charge on any atom is 0.339 e. The molecule has 0 aliphatic heterocycles. The number of carbonyl (C=O) groups is 4. The van der Waals surface area contributed by atoms with Gasteiger partial charge in [0.25, 0.3) is 0 Å². The van der Waals surface area contributed by atoms with Gasteiger partial charge in [-0.25, -0.2) is 19.2 Å². The molecule has 0 heterocycles. The molecule has 0 saturated carbocycles. The van der Waals surface area contributed by atoms with Crippen LogP contribution >= 0.6 is 0 Å². The molecule has 1 N–H and O–H groups in total. The average molecular weight is 633 g/mol. The van der Waals surface area contributed by atoms with Gasteiger partial charge in [-0.3, -0.25) is 0 Å². The van der Waals surface area contributed by atoms with Gasteiger partial charge in [-0.15, -0.1) is 0 Å². The van der Waals surface area contributed by atoms with Gasteiger partial charge >= 0.3 is 23.9 Å². The quantitative estimate of drug-likeness (QED) is 0.0643. The SMILES string of the molecule is CC(C)CCCCCCOC(=O)c1cc(C(=O)OCCCCCCC(C)C)c(C(=O)OCCCCCCC(C)C)cc1C(=O)O. The summed E-state index contributed by atoms with van der Waals surface area (Å²) < 4.78 is 16.3. The highest BCUT2D eigenvalue weighted by Crippen LogP contribution is 2.22. The second-order valence-electron chi connectivity index (χ2n) is 13.4. The molecule has 0 atom stereocenters. The van der Waals surface area contributed by atoms with Crippen LogP contribution < -0.4 is 0 Å². The molecule has 0 bridgehead atoms. The number of rotatable bonds is 25. The zero-order chi connectivity index (χ0) is 33.6. The van der Waals surface area contributed by atoms with Crippen LogP contribution in [0.25, 0.3) is 0 Å². The van der Waals surface area contributed by atoms with Crippen molar-refractivity contribution in [2.75, 3.05) is 19.8 Å². The van der Waals surface area contributed by atoms with E-state index in [-0.39, 0.29) is 36.5 Å². The van der Waals surface area contributed by atoms with E-state index in [0.29, 0.717) is 37.0 Å². The molecule has 0 aliphatic carbocycles. The first kappa shape index (κ1) is 40.1. The number of ether oxygens (including phenoxy) is 3. The third kappa shape index (κ3) is 18.0. The van der Waals surface area contributed by atoms with Crippen molar-refractivity contribution in [2.45, 2.75) is 138 Å². The molecule has 0 unspecified atom stereocenters. The van der Waals surface area contributed by atoms with E-state index in [4.69, 9.17) is 14.2 Å². The van der Waals surface area contributed by atoms with Crippen molar-refractivity contribution in [2.24, 2.45) is 17.8 Å². The molecule has 0 saturated heterocycles. The van der Waals surface area contributed by atoms with Crippen LogP contribution in [0.5, 0.6) is 0 Å². The summed E-state index contributed by atoms with van der Waals surface area (Å²) in [5.74, 6) is -1.93. The van der Waals surface area contributed by atoms with Crippen molar-refractivity contribution < 1.29 is 38.5 Å². The molecule has 8 nitrogen and oxygen atoms in total. The highest BCUT2D eigenvalue weighted by atomic mass is 16.5. The van der Waals surface area contributed by atoms with Gasteiger partial charge in [-0.1, -0.05) is 119 Å². The molecule has 8 heteroatoms. The molecule has 1 rings (SSSR count). The lowest BCUT2D eigenvalue weighted by Gasteiger charge is -2.14. The van der Waals surface area contributed by atoms with Crippen LogP contribution in [0.4, 0.5) is 0 Å². The van der Waals surface area contributed by atoms with E-state index in [2.05, 4.69) is 41.5 Å². The molecule has 256 valence electrons. The Morgan fingerprint density at radius 3 is 1.02 bits per heavy atom. The number of benzene rings is 1. The number of hydrogen-bond acceptors (Lipinski definition) is 7. The number of carboxylic acid groups (broad SMARTS) is 1. The molecule has 0 fully saturated rings. The molecule has 45 heavy (non-hydrogen) atoms. The van der Waals surface area contributed by atoms with Crippen LogP contribution in [0.15, 0.2) is 12.1 Å². The Morgan fingerprint density at radius 1 is 0.467 bits per heavy atom. The Labute approximate surface area is 272 Å². The number of carboxylic acids is 1. The predicted molar refractivity (Wildman–Crippen MR) is 178 cm³/mol. The summed E-state index contributed by atoms with van der Waals surface area (Å²) in [7, 11) is 0. The second kappa shape index (κ2) is 23.4. The van der Waals surface area contributed by atoms with Gasteiger partial charge in [-0.2, -0.15) is 0 Å². The number of hydrogen-bond donors (Lipinski definition) is 1. The van der Waals surface area contributed by atoms with Gasteiger partial charge in [0.1, 0.15) is 0 Å². The van der Waals surface area contributed by atoms with Crippen molar-refractivity contribution in [3.63, 3.8) is 0 Å². The van der Waals surface area contributed by atoms with Crippen LogP contribution in [-0.2, 0) is 14.2 Å². The molecule has 0 radical (unpaired) electrons. The van der Waals surface area contributed by atoms with Crippen LogP contribution in [0.2, 0.25) is 0 Å². The van der Waals surface area contributed by atoms with Crippen molar-refractivity contribution in [1.82, 2.24) is 0 Å². The normalized spacial score (nSPS) is 11.3. The lowest BCUT2D eigenvalue weighted by Crippen LogP contribution is -2.20. The van der Waals surface area contributed by atoms with Gasteiger partial charge in [0.05, 0.1) is 42.1 Å². The number of unbranched alkanes of at least 4 members (excludes halogenated alkanes) is 9. The third-order valence-corrected chi connectivity index (χ3v) is 7.77. The smallest absolute Gasteiger partial charge is 0.339 e. The first-order chi connectivity index (χ1) is 21.4. The van der Waals surface area contributed by atoms with Crippen molar-refractivity contribution in [3.8, 4) is 0 Å². The highest BCUT2D eigenvalue weighted by Gasteiger charge is 2.28. The maximum absolute atomic E-state index is 13.2. The van der Waals surface area contributed by atoms with E-state index in [9.17, 15) is 24.3 Å². The minimum absolute atomic E-state index is 0.136. The van der Waals surface area contributed by atoms with E-state index < -0.39 is 29.4 Å². The van der Waals surface area contributed by atoms with E-state index in [1.54, 1.807) is 0 Å². The zero-order valence-corrected chi connectivity index (χ0v) is 28.9. The molecule has 1 aromatic rings. The van der Waals surface area contributed by atoms with Gasteiger partial charge in [0.15, 0.2) is 0 Å². The largest absolute Gasteiger partial charge is 0.478 e. The minimum Gasteiger partial charge on any atom is -0.478 e. The summed E-state index contributed by atoms with van der Waals surface area (Å²) >= 11 is 0. The van der Waals surface area contributed by atoms with E-state index in [1.165, 1.54) is 0 Å². The highest BCUT2D eigenvalue weighted by molar-refractivity contribution is 6.10. The number of aromatic carboxylic acids is 1. The second-order valence-corrected chi connectivity index (χ2v) is 13.4. The first-order valence-electron chi connectivity index (χ1n) is 17.4. The number of carbonyl (C=O) groups excluding carboxylic acids is 3. The Morgan fingerprint density at radius 2 is 0.733 bits per heavy atom. The molecule has 0 spiro atoms. The summed E-state index contributed by atoms with van der Waals surface area (Å²) in [5.41, 5.74) is -1.12. The van der Waals surface area contributed by atoms with Crippen LogP contribution in [0, 0.1) is 17.8 Å². The van der Waals surface area contributed by atoms with Crippen LogP contribution in [0.1, 0.15) is 179 Å². The minimum atomic E-state index is -1.41. The Kier molecular flexibility index (Phi) is 20.9. The Balaban J connectivity index is 2.98. The predicted octanol–water partition coefficient (Wildman–Crippen LogP) is 9.67. The van der Waals surface area contributed by atoms with Crippen LogP contribution in [0.3, 0.4) is 0 Å². The van der Waals surface area contributed by atoms with Gasteiger partial charge in [0, 0.05) is 0 Å². The Hall–Kier alpha value is -2.90. The fourth-order valence-electron chi connectivity index (χ4n) is 5.04. The monoisotopic (exact) mass is 632 g/mol. The summed E-state index contributed by atoms with van der Waals surface area (Å²) in [5, 5.41) is 9.90. The van der Waals surface area contributed by atoms with Crippen molar-refractivity contribution in [3.05, 3.63) is 34.4 Å².